The zero-order chi connectivity index (χ0) is 30.3. The van der Waals surface area contributed by atoms with Gasteiger partial charge < -0.3 is 34.3 Å². The molecule has 1 aliphatic heterocycles. The topological polar surface area (TPSA) is 166 Å². The minimum Gasteiger partial charge on any atom is -0.455 e. The fourth-order valence-corrected chi connectivity index (χ4v) is 8.12. The van der Waals surface area contributed by atoms with Crippen LogP contribution in [-0.2, 0) is 28.5 Å². The van der Waals surface area contributed by atoms with Gasteiger partial charge in [-0.15, -0.1) is 0 Å². The minimum absolute atomic E-state index is 0.147. The van der Waals surface area contributed by atoms with Crippen molar-refractivity contribution in [2.75, 3.05) is 13.7 Å². The second-order valence-electron chi connectivity index (χ2n) is 13.2. The molecule has 2 bridgehead atoms. The molecule has 3 unspecified atom stereocenters. The van der Waals surface area contributed by atoms with Gasteiger partial charge in [0.25, 0.3) is 0 Å². The molecule has 1 heterocycles. The monoisotopic (exact) mass is 574 g/mol. The summed E-state index contributed by atoms with van der Waals surface area (Å²) in [4.78, 5) is 54.8. The van der Waals surface area contributed by atoms with Gasteiger partial charge in [0, 0.05) is 24.2 Å². The third kappa shape index (κ3) is 3.85. The summed E-state index contributed by atoms with van der Waals surface area (Å²) >= 11 is 0. The molecule has 3 saturated carbocycles. The summed E-state index contributed by atoms with van der Waals surface area (Å²) in [5.41, 5.74) is -8.79. The first-order chi connectivity index (χ1) is 19.0. The highest BCUT2D eigenvalue weighted by atomic mass is 16.8. The lowest BCUT2D eigenvalue weighted by atomic mass is 9.41. The van der Waals surface area contributed by atoms with E-state index in [-0.39, 0.29) is 25.0 Å². The van der Waals surface area contributed by atoms with E-state index in [4.69, 9.17) is 18.9 Å². The molecule has 3 N–H and O–H groups in total. The highest BCUT2D eigenvalue weighted by Crippen LogP contribution is 2.65. The highest BCUT2D eigenvalue weighted by Gasteiger charge is 2.79. The Labute approximate surface area is 238 Å². The van der Waals surface area contributed by atoms with Gasteiger partial charge in [-0.2, -0.15) is 0 Å². The number of aliphatic hydroxyl groups excluding tert-OH is 1. The number of Topliss-reactive ketones (excluding diaryl/α,β-unsaturated/α-hetero) is 2. The fourth-order valence-electron chi connectivity index (χ4n) is 8.12. The zero-order valence-corrected chi connectivity index (χ0v) is 24.1. The number of ether oxygens (including phenoxy) is 4. The summed E-state index contributed by atoms with van der Waals surface area (Å²) in [7, 11) is 1.10. The van der Waals surface area contributed by atoms with Crippen molar-refractivity contribution in [3.63, 3.8) is 0 Å². The molecule has 0 radical (unpaired) electrons. The lowest BCUT2D eigenvalue weighted by Crippen LogP contribution is -2.83. The summed E-state index contributed by atoms with van der Waals surface area (Å²) in [6, 6.07) is 8.00. The van der Waals surface area contributed by atoms with Crippen LogP contribution in [-0.4, -0.2) is 87.8 Å². The average Bonchev–Trinajstić information content (AvgIpc) is 2.91. The number of fused-ring (bicyclic) bond motifs is 5. The first kappa shape index (κ1) is 29.6. The van der Waals surface area contributed by atoms with Crippen molar-refractivity contribution in [2.45, 2.75) is 82.6 Å². The largest absolute Gasteiger partial charge is 0.508 e. The second-order valence-corrected chi connectivity index (χ2v) is 13.2. The maximum Gasteiger partial charge on any atom is 0.508 e. The van der Waals surface area contributed by atoms with Gasteiger partial charge in [-0.25, -0.2) is 9.59 Å². The molecule has 11 nitrogen and oxygen atoms in total. The SMILES string of the molecule is COC(=O)O[C@@]12CO[C@@H]1C[C@H](O)[C@@]1(C)C(=O)C(=O)C3C(C)[C@](C)(O)C[C@@](O)([C@@H](OC(=O)c4ccccc4)C12)C3(C)C. The van der Waals surface area contributed by atoms with Gasteiger partial charge in [0.2, 0.25) is 11.6 Å². The maximum absolute atomic E-state index is 14.4. The van der Waals surface area contributed by atoms with E-state index in [9.17, 15) is 34.5 Å². The molecular weight excluding hydrogens is 536 g/mol. The first-order valence-corrected chi connectivity index (χ1v) is 13.8. The predicted octanol–water partition coefficient (Wildman–Crippen LogP) is 1.84. The van der Waals surface area contributed by atoms with E-state index in [0.29, 0.717) is 0 Å². The number of rotatable bonds is 3. The van der Waals surface area contributed by atoms with Gasteiger partial charge in [-0.1, -0.05) is 39.0 Å². The molecule has 4 fully saturated rings. The van der Waals surface area contributed by atoms with Crippen LogP contribution in [0.3, 0.4) is 0 Å². The molecule has 11 heteroatoms. The van der Waals surface area contributed by atoms with Crippen LogP contribution in [0.4, 0.5) is 4.79 Å². The number of carbonyl (C=O) groups is 4. The van der Waals surface area contributed by atoms with E-state index in [2.05, 4.69) is 0 Å². The van der Waals surface area contributed by atoms with E-state index in [1.54, 1.807) is 39.0 Å². The number of benzene rings is 1. The molecule has 224 valence electrons. The number of ketones is 2. The molecule has 1 saturated heterocycles. The standard InChI is InChI=1S/C30H38O11/c1-15-19-20(32)22(33)28(5)17(31)12-18-29(14-39-18,41-25(35)38-6)21(28)23(40-24(34)16-10-8-7-9-11-16)30(37,26(19,2)3)13-27(15,4)36/h7-11,15,17-19,21,23,31,36-37H,12-14H2,1-6H3/t15?,17-,18+,19?,21?,23-,27+,28+,29-,30+/m0/s1. The van der Waals surface area contributed by atoms with Crippen molar-refractivity contribution in [3.8, 4) is 0 Å². The second kappa shape index (κ2) is 9.32. The Kier molecular flexibility index (Phi) is 6.74. The lowest BCUT2D eigenvalue weighted by Gasteiger charge is -2.68. The third-order valence-electron chi connectivity index (χ3n) is 10.8. The summed E-state index contributed by atoms with van der Waals surface area (Å²) < 4.78 is 22.5. The van der Waals surface area contributed by atoms with Crippen molar-refractivity contribution in [3.05, 3.63) is 35.9 Å². The molecular formula is C30H38O11. The summed E-state index contributed by atoms with van der Waals surface area (Å²) in [5, 5.41) is 35.9. The number of esters is 1. The zero-order valence-electron chi connectivity index (χ0n) is 24.1. The van der Waals surface area contributed by atoms with E-state index < -0.39 is 87.4 Å². The molecule has 1 aromatic carbocycles. The van der Waals surface area contributed by atoms with Crippen molar-refractivity contribution in [1.82, 2.24) is 0 Å². The number of aliphatic hydroxyl groups is 3. The van der Waals surface area contributed by atoms with Crippen LogP contribution in [0.25, 0.3) is 0 Å². The number of carbonyl (C=O) groups excluding carboxylic acids is 4. The molecule has 1 aromatic rings. The van der Waals surface area contributed by atoms with Crippen molar-refractivity contribution in [1.29, 1.82) is 0 Å². The summed E-state index contributed by atoms with van der Waals surface area (Å²) in [6.45, 7) is 7.41. The van der Waals surface area contributed by atoms with Gasteiger partial charge in [0.1, 0.15) is 17.8 Å². The van der Waals surface area contributed by atoms with Gasteiger partial charge in [0.15, 0.2) is 5.60 Å². The Morgan fingerprint density at radius 2 is 1.68 bits per heavy atom. The van der Waals surface area contributed by atoms with Crippen molar-refractivity contribution in [2.24, 2.45) is 28.6 Å². The smallest absolute Gasteiger partial charge is 0.455 e. The first-order valence-electron chi connectivity index (χ1n) is 13.8. The number of hydrogen-bond donors (Lipinski definition) is 3. The van der Waals surface area contributed by atoms with E-state index in [1.165, 1.54) is 26.0 Å². The fraction of sp³-hybridized carbons (Fsp3) is 0.667. The van der Waals surface area contributed by atoms with Crippen LogP contribution < -0.4 is 0 Å². The van der Waals surface area contributed by atoms with Gasteiger partial charge in [-0.05, 0) is 31.9 Å². The highest BCUT2D eigenvalue weighted by molar-refractivity contribution is 6.40. The molecule has 3 aliphatic carbocycles. The minimum atomic E-state index is -2.15. The molecule has 0 amide bonds. The molecule has 41 heavy (non-hydrogen) atoms. The Hall–Kier alpha value is -2.86. The van der Waals surface area contributed by atoms with Gasteiger partial charge in [0.05, 0.1) is 42.3 Å². The quantitative estimate of drug-likeness (QED) is 0.356. The molecule has 10 atom stereocenters. The summed E-state index contributed by atoms with van der Waals surface area (Å²) in [6.07, 6.45) is -5.72. The Balaban J connectivity index is 1.81. The third-order valence-corrected chi connectivity index (χ3v) is 10.8. The average molecular weight is 575 g/mol. The van der Waals surface area contributed by atoms with Gasteiger partial charge in [-0.3, -0.25) is 9.59 Å². The molecule has 5 rings (SSSR count). The van der Waals surface area contributed by atoms with Crippen LogP contribution in [0, 0.1) is 28.6 Å². The van der Waals surface area contributed by atoms with Crippen LogP contribution in [0.1, 0.15) is 57.8 Å². The lowest BCUT2D eigenvalue weighted by molar-refractivity contribution is -0.351. The van der Waals surface area contributed by atoms with Crippen LogP contribution in [0.2, 0.25) is 0 Å². The van der Waals surface area contributed by atoms with Gasteiger partial charge >= 0.3 is 12.1 Å². The normalized spacial score (nSPS) is 44.7. The Morgan fingerprint density at radius 1 is 1.05 bits per heavy atom. The van der Waals surface area contributed by atoms with E-state index in [0.717, 1.165) is 7.11 Å². The van der Waals surface area contributed by atoms with Crippen molar-refractivity contribution < 1.29 is 53.4 Å². The molecule has 0 aromatic heterocycles. The number of hydrogen-bond acceptors (Lipinski definition) is 11. The van der Waals surface area contributed by atoms with Crippen molar-refractivity contribution >= 4 is 23.7 Å². The molecule has 4 aliphatic rings. The Morgan fingerprint density at radius 3 is 2.24 bits per heavy atom. The predicted molar refractivity (Wildman–Crippen MR) is 140 cm³/mol. The molecule has 0 spiro atoms. The van der Waals surface area contributed by atoms with Crippen LogP contribution in [0.5, 0.6) is 0 Å². The van der Waals surface area contributed by atoms with E-state index in [1.807, 2.05) is 0 Å². The Bertz CT molecular complexity index is 1270. The van der Waals surface area contributed by atoms with Crippen LogP contribution in [0.15, 0.2) is 30.3 Å². The maximum atomic E-state index is 14.4. The van der Waals surface area contributed by atoms with E-state index >= 15 is 0 Å². The summed E-state index contributed by atoms with van der Waals surface area (Å²) in [5.74, 6) is -6.11. The van der Waals surface area contributed by atoms with Crippen LogP contribution >= 0.6 is 0 Å². The number of methoxy groups -OCH3 is 1.